The van der Waals surface area contributed by atoms with E-state index in [0.29, 0.717) is 10.5 Å². The minimum Gasteiger partial charge on any atom is -0.339 e. The van der Waals surface area contributed by atoms with E-state index in [2.05, 4.69) is 0 Å². The van der Waals surface area contributed by atoms with Crippen molar-refractivity contribution < 1.29 is 13.2 Å². The van der Waals surface area contributed by atoms with Crippen LogP contribution in [0.5, 0.6) is 0 Å². The first-order valence-corrected chi connectivity index (χ1v) is 10.0. The van der Waals surface area contributed by atoms with Crippen LogP contribution in [0.4, 0.5) is 0 Å². The number of hydrogen-bond donors (Lipinski definition) is 0. The van der Waals surface area contributed by atoms with Crippen LogP contribution in [0.2, 0.25) is 0 Å². The first-order chi connectivity index (χ1) is 11.4. The number of amides is 1. The molecule has 5 heteroatoms. The second-order valence-electron chi connectivity index (χ2n) is 6.23. The Morgan fingerprint density at radius 2 is 1.58 bits per heavy atom. The molecule has 0 unspecified atom stereocenters. The third-order valence-corrected chi connectivity index (χ3v) is 5.50. The van der Waals surface area contributed by atoms with Gasteiger partial charge < -0.3 is 4.90 Å². The predicted molar refractivity (Wildman–Crippen MR) is 94.7 cm³/mol. The van der Waals surface area contributed by atoms with Crippen LogP contribution in [-0.2, 0) is 9.84 Å². The monoisotopic (exact) mass is 343 g/mol. The van der Waals surface area contributed by atoms with Gasteiger partial charge in [-0.2, -0.15) is 0 Å². The van der Waals surface area contributed by atoms with E-state index in [9.17, 15) is 13.2 Å². The Hall–Kier alpha value is -2.14. The van der Waals surface area contributed by atoms with Crippen molar-refractivity contribution in [3.05, 3.63) is 54.1 Å². The summed E-state index contributed by atoms with van der Waals surface area (Å²) in [5, 5.41) is 0. The molecule has 126 valence electrons. The van der Waals surface area contributed by atoms with Gasteiger partial charge in [0, 0.05) is 24.9 Å². The number of likely N-dealkylation sites (tertiary alicyclic amines) is 1. The first kappa shape index (κ1) is 16.7. The molecule has 2 aromatic rings. The molecule has 24 heavy (non-hydrogen) atoms. The quantitative estimate of drug-likeness (QED) is 0.858. The Morgan fingerprint density at radius 3 is 2.21 bits per heavy atom. The van der Waals surface area contributed by atoms with Gasteiger partial charge in [-0.1, -0.05) is 24.3 Å². The lowest BCUT2D eigenvalue weighted by Gasteiger charge is -2.26. The number of carbonyl (C=O) groups excluding carboxylic acids is 1. The van der Waals surface area contributed by atoms with Crippen molar-refractivity contribution in [1.29, 1.82) is 0 Å². The number of hydrogen-bond acceptors (Lipinski definition) is 3. The molecule has 2 aromatic carbocycles. The molecule has 1 aliphatic rings. The van der Waals surface area contributed by atoms with E-state index in [1.165, 1.54) is 12.7 Å². The zero-order valence-electron chi connectivity index (χ0n) is 13.7. The lowest BCUT2D eigenvalue weighted by atomic mass is 10.0. The number of carbonyl (C=O) groups is 1. The molecule has 0 N–H and O–H groups in total. The fourth-order valence-electron chi connectivity index (χ4n) is 3.01. The van der Waals surface area contributed by atoms with E-state index in [1.54, 1.807) is 24.3 Å². The fourth-order valence-corrected chi connectivity index (χ4v) is 3.64. The van der Waals surface area contributed by atoms with Crippen molar-refractivity contribution in [3.63, 3.8) is 0 Å². The topological polar surface area (TPSA) is 54.5 Å². The van der Waals surface area contributed by atoms with Gasteiger partial charge in [0.05, 0.1) is 4.90 Å². The van der Waals surface area contributed by atoms with Gasteiger partial charge in [0.2, 0.25) is 0 Å². The fraction of sp³-hybridized carbons (Fsp3) is 0.316. The van der Waals surface area contributed by atoms with Gasteiger partial charge in [0.15, 0.2) is 9.84 Å². The van der Waals surface area contributed by atoms with Crippen LogP contribution in [0, 0.1) is 0 Å². The summed E-state index contributed by atoms with van der Waals surface area (Å²) >= 11 is 0. The van der Waals surface area contributed by atoms with Crippen LogP contribution in [0.25, 0.3) is 11.1 Å². The third-order valence-electron chi connectivity index (χ3n) is 4.37. The van der Waals surface area contributed by atoms with E-state index < -0.39 is 9.84 Å². The molecule has 4 nitrogen and oxygen atoms in total. The first-order valence-electron chi connectivity index (χ1n) is 8.15. The lowest BCUT2D eigenvalue weighted by molar-refractivity contribution is 0.0724. The van der Waals surface area contributed by atoms with Gasteiger partial charge in [0.25, 0.3) is 5.91 Å². The highest BCUT2D eigenvalue weighted by Crippen LogP contribution is 2.23. The van der Waals surface area contributed by atoms with E-state index in [-0.39, 0.29) is 5.91 Å². The summed E-state index contributed by atoms with van der Waals surface area (Å²) in [6, 6.07) is 14.3. The van der Waals surface area contributed by atoms with Crippen molar-refractivity contribution in [2.75, 3.05) is 19.3 Å². The van der Waals surface area contributed by atoms with Gasteiger partial charge in [-0.15, -0.1) is 0 Å². The molecule has 0 saturated carbocycles. The molecule has 3 rings (SSSR count). The summed E-state index contributed by atoms with van der Waals surface area (Å²) in [6.07, 6.45) is 4.52. The van der Waals surface area contributed by atoms with Crippen molar-refractivity contribution in [1.82, 2.24) is 4.90 Å². The molecule has 0 aliphatic carbocycles. The van der Waals surface area contributed by atoms with Crippen molar-refractivity contribution >= 4 is 15.7 Å². The Labute approximate surface area is 143 Å². The number of piperidine rings is 1. The predicted octanol–water partition coefficient (Wildman–Crippen LogP) is 3.38. The third kappa shape index (κ3) is 3.67. The molecule has 0 bridgehead atoms. The van der Waals surface area contributed by atoms with Crippen molar-refractivity contribution in [2.24, 2.45) is 0 Å². The molecule has 0 aromatic heterocycles. The zero-order chi connectivity index (χ0) is 17.2. The smallest absolute Gasteiger partial charge is 0.253 e. The number of benzene rings is 2. The van der Waals surface area contributed by atoms with Gasteiger partial charge in [-0.05, 0) is 54.7 Å². The molecule has 1 heterocycles. The van der Waals surface area contributed by atoms with Crippen LogP contribution in [0.1, 0.15) is 29.6 Å². The van der Waals surface area contributed by atoms with Crippen LogP contribution in [0.15, 0.2) is 53.4 Å². The molecule has 1 aliphatic heterocycles. The zero-order valence-corrected chi connectivity index (χ0v) is 14.6. The Balaban J connectivity index is 1.86. The molecule has 1 fully saturated rings. The maximum atomic E-state index is 12.6. The summed E-state index contributed by atoms with van der Waals surface area (Å²) in [4.78, 5) is 14.8. The normalized spacial score (nSPS) is 15.3. The minimum absolute atomic E-state index is 0.0734. The summed E-state index contributed by atoms with van der Waals surface area (Å²) in [5.41, 5.74) is 2.50. The summed E-state index contributed by atoms with van der Waals surface area (Å²) in [5.74, 6) is 0.0734. The lowest BCUT2D eigenvalue weighted by Crippen LogP contribution is -2.35. The minimum atomic E-state index is -3.20. The van der Waals surface area contributed by atoms with Crippen LogP contribution in [0.3, 0.4) is 0 Å². The Morgan fingerprint density at radius 1 is 0.917 bits per heavy atom. The average molecular weight is 343 g/mol. The Bertz CT molecular complexity index is 835. The number of nitrogens with zero attached hydrogens (tertiary/aromatic N) is 1. The maximum absolute atomic E-state index is 12.6. The largest absolute Gasteiger partial charge is 0.339 e. The van der Waals surface area contributed by atoms with Gasteiger partial charge in [0.1, 0.15) is 0 Å². The molecular formula is C19H21NO3S. The second-order valence-corrected chi connectivity index (χ2v) is 8.25. The van der Waals surface area contributed by atoms with E-state index >= 15 is 0 Å². The maximum Gasteiger partial charge on any atom is 0.253 e. The highest BCUT2D eigenvalue weighted by atomic mass is 32.2. The van der Waals surface area contributed by atoms with Crippen LogP contribution < -0.4 is 0 Å². The molecule has 1 amide bonds. The van der Waals surface area contributed by atoms with E-state index in [0.717, 1.165) is 37.1 Å². The molecule has 1 saturated heterocycles. The SMILES string of the molecule is CS(=O)(=O)c1ccc(-c2cccc(C(=O)N3CCCCC3)c2)cc1. The van der Waals surface area contributed by atoms with Gasteiger partial charge in [-0.3, -0.25) is 4.79 Å². The average Bonchev–Trinajstić information content (AvgIpc) is 2.61. The number of rotatable bonds is 3. The highest BCUT2D eigenvalue weighted by Gasteiger charge is 2.18. The van der Waals surface area contributed by atoms with E-state index in [4.69, 9.17) is 0 Å². The summed E-state index contributed by atoms with van der Waals surface area (Å²) in [7, 11) is -3.20. The number of sulfone groups is 1. The highest BCUT2D eigenvalue weighted by molar-refractivity contribution is 7.90. The van der Waals surface area contributed by atoms with Gasteiger partial charge in [-0.25, -0.2) is 8.42 Å². The standard InChI is InChI=1S/C19H21NO3S/c1-24(22,23)18-10-8-15(9-11-18)16-6-5-7-17(14-16)19(21)20-12-3-2-4-13-20/h5-11,14H,2-4,12-13H2,1H3. The van der Waals surface area contributed by atoms with Crippen LogP contribution >= 0.6 is 0 Å². The molecule has 0 radical (unpaired) electrons. The van der Waals surface area contributed by atoms with Crippen molar-refractivity contribution in [3.8, 4) is 11.1 Å². The summed E-state index contributed by atoms with van der Waals surface area (Å²) < 4.78 is 23.1. The van der Waals surface area contributed by atoms with E-state index in [1.807, 2.05) is 29.2 Å². The van der Waals surface area contributed by atoms with Crippen LogP contribution in [-0.4, -0.2) is 38.6 Å². The van der Waals surface area contributed by atoms with Gasteiger partial charge >= 0.3 is 0 Å². The summed E-state index contributed by atoms with van der Waals surface area (Å²) in [6.45, 7) is 1.65. The Kier molecular flexibility index (Phi) is 4.71. The molecule has 0 spiro atoms. The molecule has 0 atom stereocenters. The second kappa shape index (κ2) is 6.77. The van der Waals surface area contributed by atoms with Crippen molar-refractivity contribution in [2.45, 2.75) is 24.2 Å². The molecular weight excluding hydrogens is 322 g/mol.